The predicted molar refractivity (Wildman–Crippen MR) is 176 cm³/mol. The van der Waals surface area contributed by atoms with Crippen LogP contribution in [0.2, 0.25) is 0 Å². The van der Waals surface area contributed by atoms with Gasteiger partial charge in [-0.3, -0.25) is 24.2 Å². The second-order valence-corrected chi connectivity index (χ2v) is 11.0. The highest BCUT2D eigenvalue weighted by Crippen LogP contribution is 2.13. The zero-order chi connectivity index (χ0) is 36.2. The van der Waals surface area contributed by atoms with Gasteiger partial charge in [0.15, 0.2) is 11.2 Å². The van der Waals surface area contributed by atoms with Gasteiger partial charge in [-0.1, -0.05) is 0 Å². The quantitative estimate of drug-likeness (QED) is 0.0724. The van der Waals surface area contributed by atoms with Gasteiger partial charge in [-0.05, 0) is 74.2 Å². The summed E-state index contributed by atoms with van der Waals surface area (Å²) in [6.07, 6.45) is 1.57. The Bertz CT molecular complexity index is 1920. The third-order valence-corrected chi connectivity index (χ3v) is 7.32. The number of carboxylic acid groups (broad SMARTS) is 2. The molecule has 2 aromatic heterocycles. The molecule has 0 aliphatic rings. The number of carbonyl (C=O) groups is 5. The lowest BCUT2D eigenvalue weighted by Crippen LogP contribution is -2.44. The molecule has 4 rings (SSSR count). The Kier molecular flexibility index (Phi) is 12.4. The number of amides is 3. The molecule has 18 heteroatoms. The van der Waals surface area contributed by atoms with Crippen molar-refractivity contribution in [3.63, 3.8) is 0 Å². The Morgan fingerprint density at radius 2 is 1.48 bits per heavy atom. The van der Waals surface area contributed by atoms with Gasteiger partial charge in [0, 0.05) is 29.8 Å². The van der Waals surface area contributed by atoms with Crippen molar-refractivity contribution in [3.8, 4) is 0 Å². The summed E-state index contributed by atoms with van der Waals surface area (Å²) < 4.78 is 13.0. The van der Waals surface area contributed by atoms with E-state index in [0.29, 0.717) is 24.2 Å². The second-order valence-electron chi connectivity index (χ2n) is 11.0. The summed E-state index contributed by atoms with van der Waals surface area (Å²) in [4.78, 5) is 87.5. The molecule has 0 fully saturated rings. The van der Waals surface area contributed by atoms with Crippen LogP contribution in [0.3, 0.4) is 0 Å². The molecule has 2 aromatic carbocycles. The van der Waals surface area contributed by atoms with Crippen molar-refractivity contribution in [2.24, 2.45) is 0 Å². The van der Waals surface area contributed by atoms with Gasteiger partial charge in [0.1, 0.15) is 17.9 Å². The summed E-state index contributed by atoms with van der Waals surface area (Å²) in [5, 5.41) is 29.6. The van der Waals surface area contributed by atoms with Crippen LogP contribution < -0.4 is 32.6 Å². The third-order valence-electron chi connectivity index (χ3n) is 7.32. The second kappa shape index (κ2) is 17.1. The number of aromatic amines is 1. The van der Waals surface area contributed by atoms with E-state index in [2.05, 4.69) is 41.2 Å². The number of fused-ring (bicyclic) bond motifs is 1. The van der Waals surface area contributed by atoms with Crippen LogP contribution in [-0.4, -0.2) is 78.4 Å². The molecule has 2 heterocycles. The minimum Gasteiger partial charge on any atom is -0.480 e. The molecule has 3 amide bonds. The van der Waals surface area contributed by atoms with Gasteiger partial charge in [-0.15, -0.1) is 0 Å². The van der Waals surface area contributed by atoms with E-state index in [-0.39, 0.29) is 60.6 Å². The molecule has 0 aliphatic heterocycles. The Labute approximate surface area is 282 Å². The number of carboxylic acids is 2. The van der Waals surface area contributed by atoms with E-state index < -0.39 is 53.1 Å². The van der Waals surface area contributed by atoms with Gasteiger partial charge in [0.05, 0.1) is 18.4 Å². The number of H-pyrrole nitrogens is 1. The fraction of sp³-hybridized carbons (Fsp3) is 0.281. The number of hydrogen-bond acceptors (Lipinski definition) is 11. The normalized spacial score (nSPS) is 12.0. The van der Waals surface area contributed by atoms with E-state index in [1.165, 1.54) is 30.5 Å². The van der Waals surface area contributed by atoms with Crippen molar-refractivity contribution < 1.29 is 38.6 Å². The molecule has 17 nitrogen and oxygen atoms in total. The van der Waals surface area contributed by atoms with Crippen molar-refractivity contribution in [1.29, 1.82) is 0 Å². The number of benzene rings is 2. The Morgan fingerprint density at radius 3 is 2.16 bits per heavy atom. The molecule has 0 aliphatic carbocycles. The molecule has 262 valence electrons. The molecule has 0 spiro atoms. The summed E-state index contributed by atoms with van der Waals surface area (Å²) in [6, 6.07) is 8.39. The van der Waals surface area contributed by atoms with Crippen molar-refractivity contribution in [1.82, 2.24) is 35.9 Å². The first kappa shape index (κ1) is 36.4. The number of aromatic nitrogens is 4. The lowest BCUT2D eigenvalue weighted by atomic mass is 10.1. The van der Waals surface area contributed by atoms with E-state index in [0.717, 1.165) is 12.1 Å². The number of halogens is 1. The third kappa shape index (κ3) is 10.5. The SMILES string of the molecule is Nc1nc2ncc(CNc3ccc(C(=O)NC(CCC(=O)N[C@@H](CCCCNC(=O)c4ccc(F)cc4)C(=O)O)C(=O)O)cc3)nc2c(=O)[nH]1. The van der Waals surface area contributed by atoms with E-state index >= 15 is 0 Å². The van der Waals surface area contributed by atoms with E-state index in [1.54, 1.807) is 12.1 Å². The summed E-state index contributed by atoms with van der Waals surface area (Å²) >= 11 is 0. The van der Waals surface area contributed by atoms with E-state index in [9.17, 15) is 43.4 Å². The van der Waals surface area contributed by atoms with Crippen molar-refractivity contribution >= 4 is 52.5 Å². The topological polar surface area (TPSA) is 271 Å². The van der Waals surface area contributed by atoms with Crippen LogP contribution in [0.5, 0.6) is 0 Å². The van der Waals surface area contributed by atoms with Crippen LogP contribution in [-0.2, 0) is 20.9 Å². The monoisotopic (exact) mass is 691 g/mol. The molecule has 50 heavy (non-hydrogen) atoms. The maximum absolute atomic E-state index is 13.0. The Morgan fingerprint density at radius 1 is 0.840 bits per heavy atom. The van der Waals surface area contributed by atoms with E-state index in [1.807, 2.05) is 0 Å². The molecular weight excluding hydrogens is 657 g/mol. The minimum atomic E-state index is -1.43. The molecular formula is C32H34FN9O8. The molecule has 4 aromatic rings. The minimum absolute atomic E-state index is 0.0256. The number of aliphatic carboxylic acids is 2. The van der Waals surface area contributed by atoms with Gasteiger partial charge in [-0.2, -0.15) is 4.98 Å². The van der Waals surface area contributed by atoms with Gasteiger partial charge >= 0.3 is 11.9 Å². The number of nitrogen functional groups attached to an aromatic ring is 1. The van der Waals surface area contributed by atoms with Crippen LogP contribution in [0, 0.1) is 5.82 Å². The van der Waals surface area contributed by atoms with Crippen molar-refractivity contribution in [2.45, 2.75) is 50.7 Å². The van der Waals surface area contributed by atoms with Gasteiger partial charge in [-0.25, -0.2) is 23.9 Å². The molecule has 0 saturated carbocycles. The Hall–Kier alpha value is -6.46. The van der Waals surface area contributed by atoms with Gasteiger partial charge in [0.25, 0.3) is 17.4 Å². The number of unbranched alkanes of at least 4 members (excludes halogenated alkanes) is 1. The maximum Gasteiger partial charge on any atom is 0.326 e. The summed E-state index contributed by atoms with van der Waals surface area (Å²) in [5.41, 5.74) is 6.56. The lowest BCUT2D eigenvalue weighted by molar-refractivity contribution is -0.142. The van der Waals surface area contributed by atoms with Crippen LogP contribution in [0.25, 0.3) is 11.2 Å². The largest absolute Gasteiger partial charge is 0.480 e. The molecule has 1 unspecified atom stereocenters. The smallest absolute Gasteiger partial charge is 0.326 e. The first-order valence-electron chi connectivity index (χ1n) is 15.3. The van der Waals surface area contributed by atoms with Crippen LogP contribution >= 0.6 is 0 Å². The summed E-state index contributed by atoms with van der Waals surface area (Å²) in [7, 11) is 0. The highest BCUT2D eigenvalue weighted by molar-refractivity contribution is 5.97. The highest BCUT2D eigenvalue weighted by atomic mass is 19.1. The van der Waals surface area contributed by atoms with Crippen LogP contribution in [0.15, 0.2) is 59.5 Å². The van der Waals surface area contributed by atoms with Gasteiger partial charge < -0.3 is 37.2 Å². The molecule has 9 N–H and O–H groups in total. The number of hydrogen-bond donors (Lipinski definition) is 8. The fourth-order valence-corrected chi connectivity index (χ4v) is 4.67. The van der Waals surface area contributed by atoms with Crippen molar-refractivity contribution in [3.05, 3.63) is 87.7 Å². The Balaban J connectivity index is 1.20. The average molecular weight is 692 g/mol. The van der Waals surface area contributed by atoms with Crippen LogP contribution in [0.1, 0.15) is 58.5 Å². The first-order valence-corrected chi connectivity index (χ1v) is 15.3. The first-order chi connectivity index (χ1) is 23.9. The zero-order valence-corrected chi connectivity index (χ0v) is 26.4. The number of nitrogens with two attached hydrogens (primary N) is 1. The number of nitrogens with one attached hydrogen (secondary N) is 5. The number of carbonyl (C=O) groups excluding carboxylic acids is 3. The summed E-state index contributed by atoms with van der Waals surface area (Å²) in [5.74, 6) is -5.03. The highest BCUT2D eigenvalue weighted by Gasteiger charge is 2.24. The standard InChI is InChI=1S/C32H34FN9O8/c33-19-8-4-17(5-9-19)27(44)35-14-2-1-3-22(30(47)48)39-24(43)13-12-23(31(49)50)40-28(45)18-6-10-20(11-7-18)36-15-21-16-37-26-25(38-21)29(46)42-32(34)41-26/h4-11,16,22-23,36H,1-3,12-15H2,(H,35,44)(H,39,43)(H,40,45)(H,47,48)(H,49,50)(H3,34,37,41,42,46)/t22-,23?/m0/s1. The number of nitrogens with zero attached hydrogens (tertiary/aromatic N) is 3. The van der Waals surface area contributed by atoms with E-state index in [4.69, 9.17) is 5.73 Å². The predicted octanol–water partition coefficient (Wildman–Crippen LogP) is 1.18. The maximum atomic E-state index is 13.0. The van der Waals surface area contributed by atoms with Crippen LogP contribution in [0.4, 0.5) is 16.0 Å². The lowest BCUT2D eigenvalue weighted by Gasteiger charge is -2.17. The summed E-state index contributed by atoms with van der Waals surface area (Å²) in [6.45, 7) is 0.412. The van der Waals surface area contributed by atoms with Gasteiger partial charge in [0.2, 0.25) is 11.9 Å². The molecule has 0 bridgehead atoms. The fourth-order valence-electron chi connectivity index (χ4n) is 4.67. The van der Waals surface area contributed by atoms with Crippen molar-refractivity contribution in [2.75, 3.05) is 17.6 Å². The zero-order valence-electron chi connectivity index (χ0n) is 26.4. The average Bonchev–Trinajstić information content (AvgIpc) is 3.08. The molecule has 0 radical (unpaired) electrons. The number of rotatable bonds is 17. The molecule has 0 saturated heterocycles. The molecule has 2 atom stereocenters. The number of anilines is 2.